The van der Waals surface area contributed by atoms with Crippen molar-refractivity contribution in [3.8, 4) is 0 Å². The number of esters is 1. The summed E-state index contributed by atoms with van der Waals surface area (Å²) in [4.78, 5) is 12.2. The van der Waals surface area contributed by atoms with Crippen LogP contribution in [0.15, 0.2) is 48.5 Å². The molecule has 0 bridgehead atoms. The van der Waals surface area contributed by atoms with Crippen LogP contribution in [0.3, 0.4) is 0 Å². The van der Waals surface area contributed by atoms with E-state index in [-0.39, 0.29) is 0 Å². The number of hydrogen-bond acceptors (Lipinski definition) is 4. The number of benzene rings is 2. The number of methoxy groups -OCH3 is 1. The largest absolute Gasteiger partial charge is 0.467 e. The molecule has 0 radical (unpaired) electrons. The number of carbonyl (C=O) groups excluding carboxylic acids is 1. The molecule has 0 saturated heterocycles. The van der Waals surface area contributed by atoms with Gasteiger partial charge in [0, 0.05) is 16.7 Å². The van der Waals surface area contributed by atoms with E-state index in [4.69, 9.17) is 32.7 Å². The number of hydrogen-bond donors (Lipinski definition) is 1. The van der Waals surface area contributed by atoms with Gasteiger partial charge in [0.15, 0.2) is 11.7 Å². The molecule has 0 heterocycles. The predicted octanol–water partition coefficient (Wildman–Crippen LogP) is 4.20. The third-order valence-corrected chi connectivity index (χ3v) is 4.39. The molecule has 0 spiro atoms. The molecular weight excluding hydrogens is 363 g/mol. The van der Waals surface area contributed by atoms with Crippen molar-refractivity contribution in [2.24, 2.45) is 0 Å². The predicted molar refractivity (Wildman–Crippen MR) is 97.9 cm³/mol. The lowest BCUT2D eigenvalue weighted by Gasteiger charge is -2.37. The van der Waals surface area contributed by atoms with E-state index in [1.807, 2.05) is 6.92 Å². The maximum Gasteiger partial charge on any atom is 0.338 e. The van der Waals surface area contributed by atoms with Crippen molar-refractivity contribution in [1.29, 1.82) is 0 Å². The molecule has 2 aromatic rings. The van der Waals surface area contributed by atoms with E-state index in [0.717, 1.165) is 0 Å². The SMILES string of the molecule is CCCOC(c1ccc(Cl)cc1)(c1ccc(Cl)cc1)C(O)C(=O)OC. The Balaban J connectivity index is 2.69. The zero-order valence-corrected chi connectivity index (χ0v) is 15.6. The Labute approximate surface area is 157 Å². The highest BCUT2D eigenvalue weighted by Gasteiger charge is 2.47. The van der Waals surface area contributed by atoms with E-state index in [0.29, 0.717) is 34.2 Å². The molecule has 1 N–H and O–H groups in total. The second-order valence-corrected chi connectivity index (χ2v) is 6.40. The molecule has 134 valence electrons. The summed E-state index contributed by atoms with van der Waals surface area (Å²) in [5, 5.41) is 11.9. The molecule has 25 heavy (non-hydrogen) atoms. The van der Waals surface area contributed by atoms with Gasteiger partial charge in [-0.1, -0.05) is 54.4 Å². The van der Waals surface area contributed by atoms with Crippen LogP contribution in [0.4, 0.5) is 0 Å². The summed E-state index contributed by atoms with van der Waals surface area (Å²) in [5.74, 6) is -0.791. The van der Waals surface area contributed by atoms with Gasteiger partial charge < -0.3 is 14.6 Å². The molecule has 0 fully saturated rings. The highest BCUT2D eigenvalue weighted by molar-refractivity contribution is 6.30. The summed E-state index contributed by atoms with van der Waals surface area (Å²) >= 11 is 12.0. The van der Waals surface area contributed by atoms with E-state index in [9.17, 15) is 9.90 Å². The molecule has 6 heteroatoms. The lowest BCUT2D eigenvalue weighted by atomic mass is 9.81. The van der Waals surface area contributed by atoms with Crippen molar-refractivity contribution in [1.82, 2.24) is 0 Å². The first-order valence-corrected chi connectivity index (χ1v) is 8.63. The van der Waals surface area contributed by atoms with Gasteiger partial charge in [-0.05, 0) is 41.8 Å². The van der Waals surface area contributed by atoms with Gasteiger partial charge in [0.25, 0.3) is 0 Å². The second kappa shape index (κ2) is 8.68. The molecule has 0 amide bonds. The summed E-state index contributed by atoms with van der Waals surface area (Å²) in [5.41, 5.74) is -0.255. The summed E-state index contributed by atoms with van der Waals surface area (Å²) in [6.07, 6.45) is -0.858. The Kier molecular flexibility index (Phi) is 6.85. The number of aliphatic hydroxyl groups is 1. The Morgan fingerprint density at radius 3 is 1.84 bits per heavy atom. The van der Waals surface area contributed by atoms with E-state index < -0.39 is 17.7 Å². The first-order chi connectivity index (χ1) is 12.0. The van der Waals surface area contributed by atoms with Crippen molar-refractivity contribution in [2.75, 3.05) is 13.7 Å². The average molecular weight is 383 g/mol. The zero-order chi connectivity index (χ0) is 18.4. The number of aliphatic hydroxyl groups excluding tert-OH is 1. The number of ether oxygens (including phenoxy) is 2. The van der Waals surface area contributed by atoms with Crippen molar-refractivity contribution < 1.29 is 19.4 Å². The first-order valence-electron chi connectivity index (χ1n) is 7.87. The van der Waals surface area contributed by atoms with Gasteiger partial charge in [-0.3, -0.25) is 0 Å². The molecule has 2 aromatic carbocycles. The molecule has 0 aliphatic heterocycles. The molecule has 1 unspecified atom stereocenters. The second-order valence-electron chi connectivity index (χ2n) is 5.52. The fraction of sp³-hybridized carbons (Fsp3) is 0.316. The van der Waals surface area contributed by atoms with Crippen LogP contribution in [0.25, 0.3) is 0 Å². The van der Waals surface area contributed by atoms with Gasteiger partial charge in [0.2, 0.25) is 0 Å². The maximum absolute atomic E-state index is 12.2. The van der Waals surface area contributed by atoms with Gasteiger partial charge in [-0.25, -0.2) is 4.79 Å². The van der Waals surface area contributed by atoms with Crippen molar-refractivity contribution >= 4 is 29.2 Å². The van der Waals surface area contributed by atoms with Crippen LogP contribution in [0.2, 0.25) is 10.0 Å². The Bertz CT molecular complexity index is 653. The summed E-state index contributed by atoms with van der Waals surface area (Å²) in [6.45, 7) is 2.28. The molecule has 1 atom stereocenters. The molecule has 0 aromatic heterocycles. The first kappa shape index (κ1) is 19.7. The maximum atomic E-state index is 12.2. The topological polar surface area (TPSA) is 55.8 Å². The Hall–Kier alpha value is -1.59. The Morgan fingerprint density at radius 1 is 1.04 bits per heavy atom. The van der Waals surface area contributed by atoms with Crippen molar-refractivity contribution in [3.05, 3.63) is 69.7 Å². The Morgan fingerprint density at radius 2 is 1.48 bits per heavy atom. The van der Waals surface area contributed by atoms with Crippen molar-refractivity contribution in [3.63, 3.8) is 0 Å². The third kappa shape index (κ3) is 4.15. The summed E-state index contributed by atoms with van der Waals surface area (Å²) < 4.78 is 10.8. The van der Waals surface area contributed by atoms with E-state index in [1.54, 1.807) is 48.5 Å². The minimum atomic E-state index is -1.56. The molecule has 4 nitrogen and oxygen atoms in total. The smallest absolute Gasteiger partial charge is 0.338 e. The fourth-order valence-electron chi connectivity index (χ4n) is 2.66. The van der Waals surface area contributed by atoms with Crippen LogP contribution in [-0.4, -0.2) is 30.9 Å². The van der Waals surface area contributed by atoms with Gasteiger partial charge in [-0.15, -0.1) is 0 Å². The van der Waals surface area contributed by atoms with Gasteiger partial charge in [-0.2, -0.15) is 0 Å². The number of rotatable bonds is 7. The highest BCUT2D eigenvalue weighted by atomic mass is 35.5. The van der Waals surface area contributed by atoms with E-state index in [1.165, 1.54) is 7.11 Å². The van der Waals surface area contributed by atoms with E-state index >= 15 is 0 Å². The van der Waals surface area contributed by atoms with Gasteiger partial charge in [0.1, 0.15) is 0 Å². The van der Waals surface area contributed by atoms with Crippen molar-refractivity contribution in [2.45, 2.75) is 25.0 Å². The quantitative estimate of drug-likeness (QED) is 0.729. The number of carbonyl (C=O) groups is 1. The van der Waals surface area contributed by atoms with Crippen LogP contribution in [0.5, 0.6) is 0 Å². The molecule has 0 aliphatic carbocycles. The molecule has 0 aliphatic rings. The van der Waals surface area contributed by atoms with Crippen LogP contribution in [0.1, 0.15) is 24.5 Å². The highest BCUT2D eigenvalue weighted by Crippen LogP contribution is 2.39. The fourth-order valence-corrected chi connectivity index (χ4v) is 2.92. The lowest BCUT2D eigenvalue weighted by Crippen LogP contribution is -2.48. The van der Waals surface area contributed by atoms with Crippen LogP contribution < -0.4 is 0 Å². The minimum Gasteiger partial charge on any atom is -0.467 e. The molecule has 2 rings (SSSR count). The lowest BCUT2D eigenvalue weighted by molar-refractivity contribution is -0.170. The molecule has 0 saturated carbocycles. The van der Waals surface area contributed by atoms with Gasteiger partial charge >= 0.3 is 5.97 Å². The van der Waals surface area contributed by atoms with Gasteiger partial charge in [0.05, 0.1) is 7.11 Å². The summed E-state index contributed by atoms with van der Waals surface area (Å²) in [7, 11) is 1.22. The minimum absolute atomic E-state index is 0.333. The number of halogens is 2. The third-order valence-electron chi connectivity index (χ3n) is 3.89. The van der Waals surface area contributed by atoms with Crippen LogP contribution in [0, 0.1) is 0 Å². The summed E-state index contributed by atoms with van der Waals surface area (Å²) in [6, 6.07) is 13.6. The standard InChI is InChI=1S/C19H20Cl2O4/c1-3-12-25-19(17(22)18(23)24-2,13-4-8-15(20)9-5-13)14-6-10-16(21)11-7-14/h4-11,17,22H,3,12H2,1-2H3. The normalized spacial score (nSPS) is 12.7. The zero-order valence-electron chi connectivity index (χ0n) is 14.0. The average Bonchev–Trinajstić information content (AvgIpc) is 2.63. The van der Waals surface area contributed by atoms with Crippen LogP contribution in [-0.2, 0) is 19.9 Å². The molecular formula is C19H20Cl2O4. The van der Waals surface area contributed by atoms with Crippen LogP contribution >= 0.6 is 23.2 Å². The van der Waals surface area contributed by atoms with E-state index in [2.05, 4.69) is 0 Å². The monoisotopic (exact) mass is 382 g/mol.